The Kier molecular flexibility index (Phi) is 4.94. The Labute approximate surface area is 178 Å². The second-order valence-electron chi connectivity index (χ2n) is 6.24. The maximum atomic E-state index is 13.9. The summed E-state index contributed by atoms with van der Waals surface area (Å²) in [6, 6.07) is 14.9. The molecule has 3 amide bonds. The normalized spacial score (nSPS) is 12.9. The highest BCUT2D eigenvalue weighted by molar-refractivity contribution is 9.10. The van der Waals surface area contributed by atoms with Crippen LogP contribution in [0.3, 0.4) is 0 Å². The maximum Gasteiger partial charge on any atom is 0.266 e. The van der Waals surface area contributed by atoms with E-state index in [-0.39, 0.29) is 16.3 Å². The first-order chi connectivity index (χ1) is 13.9. The monoisotopic (exact) mass is 472 g/mol. The largest absolute Gasteiger partial charge is 0.322 e. The summed E-state index contributed by atoms with van der Waals surface area (Å²) in [6.45, 7) is 0. The Balaban J connectivity index is 1.61. The minimum absolute atomic E-state index is 0.0898. The third-order valence-electron chi connectivity index (χ3n) is 4.41. The predicted molar refractivity (Wildman–Crippen MR) is 111 cm³/mol. The third-order valence-corrected chi connectivity index (χ3v) is 5.21. The summed E-state index contributed by atoms with van der Waals surface area (Å²) in [6.07, 6.45) is 0. The average Bonchev–Trinajstić information content (AvgIpc) is 2.95. The summed E-state index contributed by atoms with van der Waals surface area (Å²) >= 11 is 9.49. The number of hydrogen-bond donors (Lipinski definition) is 1. The first kappa shape index (κ1) is 19.3. The summed E-state index contributed by atoms with van der Waals surface area (Å²) in [7, 11) is 0. The molecule has 8 heteroatoms. The first-order valence-corrected chi connectivity index (χ1v) is 9.57. The van der Waals surface area contributed by atoms with Gasteiger partial charge in [0.1, 0.15) is 5.82 Å². The van der Waals surface area contributed by atoms with Crippen LogP contribution in [0.4, 0.5) is 15.8 Å². The van der Waals surface area contributed by atoms with E-state index in [0.717, 1.165) is 4.90 Å². The molecule has 0 aliphatic carbocycles. The molecule has 0 atom stereocenters. The topological polar surface area (TPSA) is 66.5 Å². The molecule has 5 nitrogen and oxygen atoms in total. The first-order valence-electron chi connectivity index (χ1n) is 8.40. The summed E-state index contributed by atoms with van der Waals surface area (Å²) in [5, 5.41) is 2.64. The number of anilines is 2. The Morgan fingerprint density at radius 3 is 2.24 bits per heavy atom. The van der Waals surface area contributed by atoms with Crippen molar-refractivity contribution in [3.05, 3.63) is 92.7 Å². The van der Waals surface area contributed by atoms with Crippen LogP contribution in [0.25, 0.3) is 0 Å². The molecule has 0 saturated heterocycles. The van der Waals surface area contributed by atoms with Crippen LogP contribution >= 0.6 is 27.5 Å². The number of carbonyl (C=O) groups is 3. The lowest BCUT2D eigenvalue weighted by molar-refractivity contribution is 0.0924. The number of benzene rings is 3. The Morgan fingerprint density at radius 1 is 0.966 bits per heavy atom. The average molecular weight is 474 g/mol. The van der Waals surface area contributed by atoms with Gasteiger partial charge in [0.15, 0.2) is 0 Å². The minimum atomic E-state index is -0.667. The van der Waals surface area contributed by atoms with Gasteiger partial charge in [-0.1, -0.05) is 39.7 Å². The van der Waals surface area contributed by atoms with Gasteiger partial charge >= 0.3 is 0 Å². The molecule has 4 rings (SSSR count). The molecular formula is C21H11BrClFN2O3. The van der Waals surface area contributed by atoms with E-state index < -0.39 is 23.5 Å². The summed E-state index contributed by atoms with van der Waals surface area (Å²) < 4.78 is 14.5. The fourth-order valence-electron chi connectivity index (χ4n) is 3.04. The predicted octanol–water partition coefficient (Wildman–Crippen LogP) is 5.29. The fraction of sp³-hybridized carbons (Fsp3) is 0. The van der Waals surface area contributed by atoms with Gasteiger partial charge in [-0.25, -0.2) is 9.29 Å². The molecule has 1 aliphatic heterocycles. The number of fused-ring (bicyclic) bond motifs is 1. The number of imide groups is 1. The quantitative estimate of drug-likeness (QED) is 0.525. The van der Waals surface area contributed by atoms with Gasteiger partial charge in [0.25, 0.3) is 17.7 Å². The van der Waals surface area contributed by atoms with Crippen LogP contribution in [0.2, 0.25) is 5.02 Å². The second kappa shape index (κ2) is 7.42. The lowest BCUT2D eigenvalue weighted by atomic mass is 10.1. The van der Waals surface area contributed by atoms with E-state index in [2.05, 4.69) is 21.2 Å². The summed E-state index contributed by atoms with van der Waals surface area (Å²) in [5.74, 6) is -2.27. The van der Waals surface area contributed by atoms with Crippen molar-refractivity contribution in [2.75, 3.05) is 10.2 Å². The molecular weight excluding hydrogens is 463 g/mol. The van der Waals surface area contributed by atoms with Crippen LogP contribution in [0, 0.1) is 5.82 Å². The van der Waals surface area contributed by atoms with Crippen molar-refractivity contribution in [1.82, 2.24) is 0 Å². The molecule has 0 spiro atoms. The van der Waals surface area contributed by atoms with Crippen LogP contribution in [-0.4, -0.2) is 17.7 Å². The molecule has 0 fully saturated rings. The summed E-state index contributed by atoms with van der Waals surface area (Å²) in [4.78, 5) is 38.6. The fourth-order valence-corrected chi connectivity index (χ4v) is 3.67. The standard InChI is InChI=1S/C21H11BrClFN2O3/c22-11-5-7-17(24)15(9-11)19(27)25-12-6-8-18(16(23)10-12)26-20(28)13-3-1-2-4-14(13)21(26)29/h1-10H,(H,25,27). The molecule has 0 unspecified atom stereocenters. The van der Waals surface area contributed by atoms with Crippen LogP contribution in [0.15, 0.2) is 65.1 Å². The zero-order valence-electron chi connectivity index (χ0n) is 14.6. The molecule has 3 aromatic rings. The van der Waals surface area contributed by atoms with Gasteiger partial charge in [-0.05, 0) is 48.5 Å². The highest BCUT2D eigenvalue weighted by Gasteiger charge is 2.37. The van der Waals surface area contributed by atoms with Crippen LogP contribution in [-0.2, 0) is 0 Å². The molecule has 3 aromatic carbocycles. The van der Waals surface area contributed by atoms with Crippen molar-refractivity contribution >= 4 is 56.6 Å². The van der Waals surface area contributed by atoms with Crippen LogP contribution in [0.1, 0.15) is 31.1 Å². The number of amides is 3. The molecule has 0 bridgehead atoms. The second-order valence-corrected chi connectivity index (χ2v) is 7.56. The zero-order chi connectivity index (χ0) is 20.7. The van der Waals surface area contributed by atoms with Gasteiger partial charge in [-0.15, -0.1) is 0 Å². The number of nitrogens with one attached hydrogen (secondary N) is 1. The maximum absolute atomic E-state index is 13.9. The molecule has 1 heterocycles. The SMILES string of the molecule is O=C(Nc1ccc(N2C(=O)c3ccccc3C2=O)c(Cl)c1)c1cc(Br)ccc1F. The van der Waals surface area contributed by atoms with Crippen molar-refractivity contribution < 1.29 is 18.8 Å². The summed E-state index contributed by atoms with van der Waals surface area (Å²) in [5.41, 5.74) is 0.955. The van der Waals surface area contributed by atoms with Gasteiger partial charge in [0.05, 0.1) is 27.4 Å². The Bertz CT molecular complexity index is 1160. The smallest absolute Gasteiger partial charge is 0.266 e. The Hall–Kier alpha value is -3.03. The molecule has 0 radical (unpaired) electrons. The van der Waals surface area contributed by atoms with Gasteiger partial charge in [-0.3, -0.25) is 14.4 Å². The van der Waals surface area contributed by atoms with E-state index in [1.807, 2.05) is 0 Å². The molecule has 1 N–H and O–H groups in total. The molecule has 144 valence electrons. The van der Waals surface area contributed by atoms with Crippen molar-refractivity contribution in [2.45, 2.75) is 0 Å². The molecule has 0 saturated carbocycles. The van der Waals surface area contributed by atoms with E-state index in [9.17, 15) is 18.8 Å². The lowest BCUT2D eigenvalue weighted by Crippen LogP contribution is -2.29. The highest BCUT2D eigenvalue weighted by atomic mass is 79.9. The molecule has 29 heavy (non-hydrogen) atoms. The van der Waals surface area contributed by atoms with Crippen molar-refractivity contribution in [3.63, 3.8) is 0 Å². The molecule has 0 aromatic heterocycles. The van der Waals surface area contributed by atoms with Gasteiger partial charge in [-0.2, -0.15) is 0 Å². The van der Waals surface area contributed by atoms with Gasteiger partial charge in [0, 0.05) is 10.2 Å². The van der Waals surface area contributed by atoms with E-state index in [1.165, 1.54) is 36.4 Å². The van der Waals surface area contributed by atoms with Crippen molar-refractivity contribution in [3.8, 4) is 0 Å². The third kappa shape index (κ3) is 3.43. The van der Waals surface area contributed by atoms with E-state index in [4.69, 9.17) is 11.6 Å². The van der Waals surface area contributed by atoms with E-state index in [0.29, 0.717) is 21.3 Å². The van der Waals surface area contributed by atoms with Crippen LogP contribution in [0.5, 0.6) is 0 Å². The van der Waals surface area contributed by atoms with Gasteiger partial charge < -0.3 is 5.32 Å². The molecule has 1 aliphatic rings. The van der Waals surface area contributed by atoms with Crippen LogP contribution < -0.4 is 10.2 Å². The number of hydrogen-bond acceptors (Lipinski definition) is 3. The minimum Gasteiger partial charge on any atom is -0.322 e. The number of rotatable bonds is 3. The number of carbonyl (C=O) groups excluding carboxylic acids is 3. The van der Waals surface area contributed by atoms with Crippen molar-refractivity contribution in [2.24, 2.45) is 0 Å². The van der Waals surface area contributed by atoms with E-state index in [1.54, 1.807) is 24.3 Å². The number of nitrogens with zero attached hydrogens (tertiary/aromatic N) is 1. The number of halogens is 3. The highest BCUT2D eigenvalue weighted by Crippen LogP contribution is 2.35. The van der Waals surface area contributed by atoms with E-state index >= 15 is 0 Å². The lowest BCUT2D eigenvalue weighted by Gasteiger charge is -2.16. The Morgan fingerprint density at radius 2 is 1.62 bits per heavy atom. The van der Waals surface area contributed by atoms with Crippen molar-refractivity contribution in [1.29, 1.82) is 0 Å². The van der Waals surface area contributed by atoms with Gasteiger partial charge in [0.2, 0.25) is 0 Å². The zero-order valence-corrected chi connectivity index (χ0v) is 16.9.